The van der Waals surface area contributed by atoms with Gasteiger partial charge in [0, 0.05) is 37.8 Å². The van der Waals surface area contributed by atoms with Gasteiger partial charge in [0.25, 0.3) is 0 Å². The fraction of sp³-hybridized carbons (Fsp3) is 0.0238. The summed E-state index contributed by atoms with van der Waals surface area (Å²) in [4.78, 5) is 5.30. The third-order valence-electron chi connectivity index (χ3n) is 9.40. The molecule has 4 nitrogen and oxygen atoms in total. The molecule has 9 aromatic rings. The van der Waals surface area contributed by atoms with Crippen LogP contribution in [0.1, 0.15) is 12.1 Å². The van der Waals surface area contributed by atoms with Gasteiger partial charge in [0.05, 0.1) is 27.8 Å². The van der Waals surface area contributed by atoms with Crippen molar-refractivity contribution in [3.05, 3.63) is 156 Å². The van der Waals surface area contributed by atoms with Crippen molar-refractivity contribution in [3.63, 3.8) is 0 Å². The summed E-state index contributed by atoms with van der Waals surface area (Å²) in [5.41, 5.74) is 9.79. The number of hydrogen-bond donors (Lipinski definition) is 0. The average Bonchev–Trinajstić information content (AvgIpc) is 3.70. The first-order valence-corrected chi connectivity index (χ1v) is 15.7. The Kier molecular flexibility index (Phi) is 5.31. The molecule has 216 valence electrons. The Morgan fingerprint density at radius 1 is 0.522 bits per heavy atom. The van der Waals surface area contributed by atoms with Crippen molar-refractivity contribution in [3.8, 4) is 11.5 Å². The molecule has 0 fully saturated rings. The first-order chi connectivity index (χ1) is 22.8. The molecule has 0 spiro atoms. The minimum atomic E-state index is 0.774. The summed E-state index contributed by atoms with van der Waals surface area (Å²) in [5.74, 6) is 0.905. The van der Waals surface area contributed by atoms with Crippen LogP contribution >= 0.6 is 0 Å². The summed E-state index contributed by atoms with van der Waals surface area (Å²) in [5, 5.41) is 7.28. The topological polar surface area (TPSA) is 35.9 Å². The maximum absolute atomic E-state index is 6.17. The van der Waals surface area contributed by atoms with Gasteiger partial charge in [0.1, 0.15) is 16.8 Å². The standard InChI is InChI=1S/C42H27N3O/c1-2-11-28(12-3-1)44-34-17-7-4-14-31(34)41-36(44)24-25-37-42(41)32-15-5-8-18-35(32)45(37)40-20-10-16-33(43-40)27-21-23-30-29-13-6-9-19-38(29)46-39(30)26-22-27/h1-20,22-26H,21H2. The highest BCUT2D eigenvalue weighted by Gasteiger charge is 2.21. The van der Waals surface area contributed by atoms with Gasteiger partial charge in [-0.3, -0.25) is 4.57 Å². The first-order valence-electron chi connectivity index (χ1n) is 15.7. The predicted molar refractivity (Wildman–Crippen MR) is 190 cm³/mol. The Bertz CT molecular complexity index is 2830. The zero-order chi connectivity index (χ0) is 30.2. The molecule has 0 saturated heterocycles. The maximum Gasteiger partial charge on any atom is 0.138 e. The fourth-order valence-corrected chi connectivity index (χ4v) is 7.41. The lowest BCUT2D eigenvalue weighted by molar-refractivity contribution is 0.576. The zero-order valence-corrected chi connectivity index (χ0v) is 24.9. The molecule has 1 aliphatic rings. The van der Waals surface area contributed by atoms with Crippen molar-refractivity contribution in [1.82, 2.24) is 14.1 Å². The third kappa shape index (κ3) is 3.58. The lowest BCUT2D eigenvalue weighted by Crippen LogP contribution is -2.18. The van der Waals surface area contributed by atoms with E-state index in [4.69, 9.17) is 9.40 Å². The van der Waals surface area contributed by atoms with Gasteiger partial charge < -0.3 is 8.98 Å². The Hall–Kier alpha value is -6.13. The van der Waals surface area contributed by atoms with E-state index >= 15 is 0 Å². The van der Waals surface area contributed by atoms with E-state index in [9.17, 15) is 0 Å². The van der Waals surface area contributed by atoms with E-state index in [1.807, 2.05) is 12.1 Å². The van der Waals surface area contributed by atoms with Crippen LogP contribution in [0, 0.1) is 0 Å². The van der Waals surface area contributed by atoms with Crippen molar-refractivity contribution in [2.24, 2.45) is 0 Å². The van der Waals surface area contributed by atoms with E-state index in [2.05, 4.69) is 149 Å². The number of aromatic nitrogens is 3. The number of rotatable bonds is 3. The number of fused-ring (bicyclic) bond motifs is 10. The van der Waals surface area contributed by atoms with Crippen molar-refractivity contribution >= 4 is 72.3 Å². The molecular formula is C42H27N3O. The summed E-state index contributed by atoms with van der Waals surface area (Å²) in [6, 6.07) is 47.2. The third-order valence-corrected chi connectivity index (χ3v) is 9.40. The molecule has 0 unspecified atom stereocenters. The minimum absolute atomic E-state index is 0.774. The first kappa shape index (κ1) is 25.2. The van der Waals surface area contributed by atoms with E-state index in [-0.39, 0.29) is 0 Å². The van der Waals surface area contributed by atoms with E-state index in [1.54, 1.807) is 0 Å². The predicted octanol–water partition coefficient (Wildman–Crippen LogP) is 9.07. The van der Waals surface area contributed by atoms with Crippen LogP contribution < -0.4 is 10.6 Å². The van der Waals surface area contributed by atoms with Gasteiger partial charge in [-0.2, -0.15) is 0 Å². The molecule has 5 aromatic carbocycles. The lowest BCUT2D eigenvalue weighted by Gasteiger charge is -2.11. The van der Waals surface area contributed by atoms with Crippen molar-refractivity contribution in [1.29, 1.82) is 0 Å². The van der Waals surface area contributed by atoms with E-state index in [0.29, 0.717) is 0 Å². The summed E-state index contributed by atoms with van der Waals surface area (Å²) in [7, 11) is 0. The minimum Gasteiger partial charge on any atom is -0.456 e. The number of furan rings is 1. The Labute approximate surface area is 264 Å². The summed E-state index contributed by atoms with van der Waals surface area (Å²) in [6.45, 7) is 0. The van der Waals surface area contributed by atoms with Gasteiger partial charge in [-0.15, -0.1) is 0 Å². The van der Waals surface area contributed by atoms with Crippen LogP contribution in [-0.4, -0.2) is 14.1 Å². The van der Waals surface area contributed by atoms with E-state index < -0.39 is 0 Å². The average molecular weight is 590 g/mol. The van der Waals surface area contributed by atoms with Gasteiger partial charge in [-0.05, 0) is 72.7 Å². The SMILES string of the molecule is C1=C(c2cccc(-n3c4ccccc4c4c5c6ccccc6n(-c6ccccc6)c5ccc43)n2)CC=c2c(oc3ccccc23)=C1. The summed E-state index contributed by atoms with van der Waals surface area (Å²) >= 11 is 0. The van der Waals surface area contributed by atoms with E-state index in [1.165, 1.54) is 32.6 Å². The highest BCUT2D eigenvalue weighted by Crippen LogP contribution is 2.42. The number of benzene rings is 5. The molecule has 46 heavy (non-hydrogen) atoms. The highest BCUT2D eigenvalue weighted by molar-refractivity contribution is 6.28. The quantitative estimate of drug-likeness (QED) is 0.206. The maximum atomic E-state index is 6.17. The fourth-order valence-electron chi connectivity index (χ4n) is 7.41. The largest absolute Gasteiger partial charge is 0.456 e. The second-order valence-electron chi connectivity index (χ2n) is 11.9. The van der Waals surface area contributed by atoms with Crippen LogP contribution in [0.25, 0.3) is 83.8 Å². The molecule has 0 N–H and O–H groups in total. The van der Waals surface area contributed by atoms with Crippen LogP contribution in [0.15, 0.2) is 144 Å². The van der Waals surface area contributed by atoms with Gasteiger partial charge in [-0.1, -0.05) is 91.0 Å². The van der Waals surface area contributed by atoms with Gasteiger partial charge in [-0.25, -0.2) is 4.98 Å². The molecule has 1 aliphatic carbocycles. The summed E-state index contributed by atoms with van der Waals surface area (Å²) in [6.07, 6.45) is 7.29. The van der Waals surface area contributed by atoms with Crippen LogP contribution in [0.3, 0.4) is 0 Å². The number of nitrogens with zero attached hydrogens (tertiary/aromatic N) is 3. The van der Waals surface area contributed by atoms with Crippen molar-refractivity contribution in [2.75, 3.05) is 0 Å². The monoisotopic (exact) mass is 589 g/mol. The molecule has 4 aromatic heterocycles. The van der Waals surface area contributed by atoms with Gasteiger partial charge >= 0.3 is 0 Å². The summed E-state index contributed by atoms with van der Waals surface area (Å²) < 4.78 is 10.9. The number of allylic oxidation sites excluding steroid dienone is 2. The molecule has 4 heterocycles. The zero-order valence-electron chi connectivity index (χ0n) is 24.9. The molecular weight excluding hydrogens is 562 g/mol. The molecule has 4 heteroatoms. The molecule has 0 aliphatic heterocycles. The van der Waals surface area contributed by atoms with Crippen LogP contribution in [0.2, 0.25) is 0 Å². The normalized spacial score (nSPS) is 13.2. The van der Waals surface area contributed by atoms with Crippen molar-refractivity contribution < 1.29 is 4.42 Å². The van der Waals surface area contributed by atoms with Crippen LogP contribution in [0.5, 0.6) is 0 Å². The number of para-hydroxylation sites is 4. The molecule has 10 rings (SSSR count). The second kappa shape index (κ2) is 9.68. The lowest BCUT2D eigenvalue weighted by atomic mass is 10.1. The van der Waals surface area contributed by atoms with Crippen LogP contribution in [0.4, 0.5) is 0 Å². The molecule has 0 bridgehead atoms. The van der Waals surface area contributed by atoms with Gasteiger partial charge in [0.2, 0.25) is 0 Å². The van der Waals surface area contributed by atoms with Crippen LogP contribution in [-0.2, 0) is 0 Å². The molecule has 0 saturated carbocycles. The van der Waals surface area contributed by atoms with E-state index in [0.717, 1.165) is 61.8 Å². The Morgan fingerprint density at radius 2 is 1.17 bits per heavy atom. The van der Waals surface area contributed by atoms with Gasteiger partial charge in [0.15, 0.2) is 0 Å². The molecule has 0 atom stereocenters. The van der Waals surface area contributed by atoms with Crippen molar-refractivity contribution in [2.45, 2.75) is 6.42 Å². The second-order valence-corrected chi connectivity index (χ2v) is 11.9. The molecule has 0 radical (unpaired) electrons. The molecule has 0 amide bonds. The number of hydrogen-bond acceptors (Lipinski definition) is 2. The Balaban J connectivity index is 1.20. The smallest absolute Gasteiger partial charge is 0.138 e. The highest BCUT2D eigenvalue weighted by atomic mass is 16.3. The number of pyridine rings is 1. The Morgan fingerprint density at radius 3 is 1.96 bits per heavy atom.